The summed E-state index contributed by atoms with van der Waals surface area (Å²) in [6, 6.07) is 8.37. The van der Waals surface area contributed by atoms with Gasteiger partial charge in [-0.15, -0.1) is 0 Å². The van der Waals surface area contributed by atoms with Crippen LogP contribution in [-0.2, 0) is 0 Å². The number of nitrogens with two attached hydrogens (primary N) is 1. The van der Waals surface area contributed by atoms with E-state index in [4.69, 9.17) is 11.0 Å². The number of hydrogen-bond donors (Lipinski definition) is 1. The van der Waals surface area contributed by atoms with Gasteiger partial charge < -0.3 is 5.73 Å². The van der Waals surface area contributed by atoms with Gasteiger partial charge in [-0.1, -0.05) is 18.2 Å². The molecule has 4 heteroatoms. The van der Waals surface area contributed by atoms with Crippen LogP contribution >= 0.6 is 0 Å². The molecule has 1 aromatic carbocycles. The zero-order chi connectivity index (χ0) is 13.7. The Morgan fingerprint density at radius 1 is 1.39 bits per heavy atom. The Labute approximate surface area is 108 Å². The molecule has 1 aromatic rings. The van der Waals surface area contributed by atoms with Crippen LogP contribution < -0.4 is 5.73 Å². The fraction of sp³-hybridized carbons (Fsp3) is 0.500. The smallest absolute Gasteiger partial charge is 0.128 e. The molecular weight excluding hydrogens is 229 g/mol. The van der Waals surface area contributed by atoms with Crippen molar-refractivity contribution in [2.24, 2.45) is 5.73 Å². The zero-order valence-corrected chi connectivity index (χ0v) is 11.1. The summed E-state index contributed by atoms with van der Waals surface area (Å²) in [5.74, 6) is -0.254. The summed E-state index contributed by atoms with van der Waals surface area (Å²) in [4.78, 5) is 1.96. The number of hydrogen-bond acceptors (Lipinski definition) is 3. The fourth-order valence-corrected chi connectivity index (χ4v) is 2.14. The van der Waals surface area contributed by atoms with Crippen LogP contribution in [0.3, 0.4) is 0 Å². The fourth-order valence-electron chi connectivity index (χ4n) is 2.14. The van der Waals surface area contributed by atoms with Gasteiger partial charge in [-0.25, -0.2) is 4.39 Å². The molecule has 0 amide bonds. The number of rotatable bonds is 5. The third-order valence-corrected chi connectivity index (χ3v) is 3.24. The Kier molecular flexibility index (Phi) is 5.26. The van der Waals surface area contributed by atoms with Crippen LogP contribution in [0.2, 0.25) is 0 Å². The maximum absolute atomic E-state index is 13.9. The van der Waals surface area contributed by atoms with Crippen molar-refractivity contribution in [1.29, 1.82) is 5.26 Å². The third-order valence-electron chi connectivity index (χ3n) is 3.24. The molecule has 3 atom stereocenters. The van der Waals surface area contributed by atoms with Crippen LogP contribution in [0.1, 0.15) is 31.9 Å². The van der Waals surface area contributed by atoms with E-state index in [0.29, 0.717) is 12.0 Å². The highest BCUT2D eigenvalue weighted by Gasteiger charge is 2.26. The highest BCUT2D eigenvalue weighted by Crippen LogP contribution is 2.26. The summed E-state index contributed by atoms with van der Waals surface area (Å²) in [5.41, 5.74) is 6.56. The highest BCUT2D eigenvalue weighted by atomic mass is 19.1. The van der Waals surface area contributed by atoms with Gasteiger partial charge in [0, 0.05) is 17.6 Å². The number of nitrogens with zero attached hydrogens (tertiary/aromatic N) is 2. The maximum Gasteiger partial charge on any atom is 0.128 e. The molecule has 0 spiro atoms. The van der Waals surface area contributed by atoms with Gasteiger partial charge in [0.15, 0.2) is 0 Å². The second-order valence-electron chi connectivity index (χ2n) is 4.70. The van der Waals surface area contributed by atoms with Crippen LogP contribution in [0, 0.1) is 17.1 Å². The lowest BCUT2D eigenvalue weighted by molar-refractivity contribution is 0.163. The molecule has 98 valence electrons. The van der Waals surface area contributed by atoms with Gasteiger partial charge in [0.25, 0.3) is 0 Å². The topological polar surface area (TPSA) is 53.0 Å². The second-order valence-corrected chi connectivity index (χ2v) is 4.70. The van der Waals surface area contributed by atoms with Crippen LogP contribution in [0.25, 0.3) is 0 Å². The van der Waals surface area contributed by atoms with Gasteiger partial charge in [0.05, 0.1) is 18.5 Å². The molecule has 18 heavy (non-hydrogen) atoms. The summed E-state index contributed by atoms with van der Waals surface area (Å²) in [7, 11) is 1.88. The first-order valence-corrected chi connectivity index (χ1v) is 6.08. The van der Waals surface area contributed by atoms with Crippen molar-refractivity contribution >= 4 is 0 Å². The van der Waals surface area contributed by atoms with Crippen LogP contribution in [-0.4, -0.2) is 24.0 Å². The Hall–Kier alpha value is -1.44. The van der Waals surface area contributed by atoms with E-state index in [1.807, 2.05) is 25.8 Å². The summed E-state index contributed by atoms with van der Waals surface area (Å²) >= 11 is 0. The van der Waals surface area contributed by atoms with E-state index in [2.05, 4.69) is 6.07 Å². The van der Waals surface area contributed by atoms with Crippen molar-refractivity contribution in [3.8, 4) is 6.07 Å². The van der Waals surface area contributed by atoms with E-state index in [0.717, 1.165) is 0 Å². The molecule has 0 aromatic heterocycles. The molecule has 1 rings (SSSR count). The first kappa shape index (κ1) is 14.6. The van der Waals surface area contributed by atoms with Gasteiger partial charge in [-0.05, 0) is 27.0 Å². The second kappa shape index (κ2) is 6.48. The van der Waals surface area contributed by atoms with E-state index < -0.39 is 0 Å². The van der Waals surface area contributed by atoms with Gasteiger partial charge >= 0.3 is 0 Å². The van der Waals surface area contributed by atoms with Crippen molar-refractivity contribution in [3.63, 3.8) is 0 Å². The van der Waals surface area contributed by atoms with E-state index in [9.17, 15) is 4.39 Å². The predicted octanol–water partition coefficient (Wildman–Crippen LogP) is 2.45. The molecular formula is C14H20FN3. The minimum Gasteiger partial charge on any atom is -0.326 e. The normalized spacial score (nSPS) is 16.1. The number of halogens is 1. The SMILES string of the molecule is CC(N)C(c1ccccc1F)N(C)C(C)CC#N. The molecule has 0 saturated carbocycles. The van der Waals surface area contributed by atoms with Gasteiger partial charge in [0.1, 0.15) is 5.82 Å². The van der Waals surface area contributed by atoms with Crippen molar-refractivity contribution < 1.29 is 4.39 Å². The lowest BCUT2D eigenvalue weighted by Gasteiger charge is -2.35. The van der Waals surface area contributed by atoms with E-state index >= 15 is 0 Å². The summed E-state index contributed by atoms with van der Waals surface area (Å²) in [5, 5.41) is 8.75. The molecule has 0 aliphatic heterocycles. The zero-order valence-electron chi connectivity index (χ0n) is 11.1. The minimum atomic E-state index is -0.254. The van der Waals surface area contributed by atoms with E-state index in [1.54, 1.807) is 18.2 Å². The molecule has 0 aliphatic carbocycles. The Morgan fingerprint density at radius 3 is 2.50 bits per heavy atom. The molecule has 0 bridgehead atoms. The molecule has 0 heterocycles. The molecule has 2 N–H and O–H groups in total. The molecule has 0 aliphatic rings. The maximum atomic E-state index is 13.9. The van der Waals surface area contributed by atoms with Crippen molar-refractivity contribution in [2.45, 2.75) is 38.4 Å². The van der Waals surface area contributed by atoms with Crippen LogP contribution in [0.4, 0.5) is 4.39 Å². The van der Waals surface area contributed by atoms with Crippen molar-refractivity contribution in [3.05, 3.63) is 35.6 Å². The average Bonchev–Trinajstić information content (AvgIpc) is 2.31. The lowest BCUT2D eigenvalue weighted by Crippen LogP contribution is -2.42. The standard InChI is InChI=1S/C14H20FN3/c1-10(8-9-16)18(3)14(11(2)17)12-6-4-5-7-13(12)15/h4-7,10-11,14H,8,17H2,1-3H3. The Bertz CT molecular complexity index is 425. The first-order chi connectivity index (χ1) is 8.49. The minimum absolute atomic E-state index is 0.0330. The number of likely N-dealkylation sites (N-methyl/N-ethyl adjacent to an activating group) is 1. The summed E-state index contributed by atoms with van der Waals surface area (Å²) < 4.78 is 13.9. The number of benzene rings is 1. The van der Waals surface area contributed by atoms with Crippen molar-refractivity contribution in [1.82, 2.24) is 4.90 Å². The molecule has 0 radical (unpaired) electrons. The molecule has 3 nitrogen and oxygen atoms in total. The Balaban J connectivity index is 3.04. The predicted molar refractivity (Wildman–Crippen MR) is 70.2 cm³/mol. The van der Waals surface area contributed by atoms with Crippen LogP contribution in [0.5, 0.6) is 0 Å². The van der Waals surface area contributed by atoms with Gasteiger partial charge in [-0.2, -0.15) is 5.26 Å². The average molecular weight is 249 g/mol. The van der Waals surface area contributed by atoms with Gasteiger partial charge in [0.2, 0.25) is 0 Å². The third kappa shape index (κ3) is 3.28. The summed E-state index contributed by atoms with van der Waals surface area (Å²) in [6.45, 7) is 3.80. The van der Waals surface area contributed by atoms with E-state index in [-0.39, 0.29) is 23.9 Å². The Morgan fingerprint density at radius 2 is 2.00 bits per heavy atom. The largest absolute Gasteiger partial charge is 0.326 e. The lowest BCUT2D eigenvalue weighted by atomic mass is 9.97. The number of nitriles is 1. The molecule has 0 fully saturated rings. The first-order valence-electron chi connectivity index (χ1n) is 6.08. The molecule has 3 unspecified atom stereocenters. The van der Waals surface area contributed by atoms with E-state index in [1.165, 1.54) is 6.07 Å². The van der Waals surface area contributed by atoms with Crippen LogP contribution in [0.15, 0.2) is 24.3 Å². The molecule has 0 saturated heterocycles. The quantitative estimate of drug-likeness (QED) is 0.872. The summed E-state index contributed by atoms with van der Waals surface area (Å²) in [6.07, 6.45) is 0.397. The monoisotopic (exact) mass is 249 g/mol. The highest BCUT2D eigenvalue weighted by molar-refractivity contribution is 5.22. The van der Waals surface area contributed by atoms with Gasteiger partial charge in [-0.3, -0.25) is 4.90 Å². The van der Waals surface area contributed by atoms with Crippen molar-refractivity contribution in [2.75, 3.05) is 7.05 Å².